The molecule has 4 heteroatoms. The predicted molar refractivity (Wildman–Crippen MR) is 43.4 cm³/mol. The highest BCUT2D eigenvalue weighted by Crippen LogP contribution is 2.02. The summed E-state index contributed by atoms with van der Waals surface area (Å²) in [5.74, 6) is 4.06. The van der Waals surface area contributed by atoms with E-state index in [9.17, 15) is 9.18 Å². The minimum atomic E-state index is -0.378. The van der Waals surface area contributed by atoms with Gasteiger partial charge in [-0.2, -0.15) is 5.10 Å². The number of hydrogen-bond acceptors (Lipinski definition) is 3. The van der Waals surface area contributed by atoms with Crippen LogP contribution in [0.5, 0.6) is 0 Å². The van der Waals surface area contributed by atoms with Crippen molar-refractivity contribution in [1.29, 1.82) is 0 Å². The van der Waals surface area contributed by atoms with E-state index in [1.54, 1.807) is 0 Å². The first-order valence-corrected chi connectivity index (χ1v) is 3.27. The van der Waals surface area contributed by atoms with Gasteiger partial charge in [0, 0.05) is 5.56 Å². The third-order valence-electron chi connectivity index (χ3n) is 1.32. The molecule has 3 nitrogen and oxygen atoms in total. The number of Topliss-reactive ketones (excluding diaryl/α,β-unsaturated/α-hetero) is 1. The molecule has 12 heavy (non-hydrogen) atoms. The summed E-state index contributed by atoms with van der Waals surface area (Å²) in [6.45, 7) is 0. The van der Waals surface area contributed by atoms with Crippen LogP contribution in [0.1, 0.15) is 10.4 Å². The number of hydrazone groups is 1. The zero-order valence-electron chi connectivity index (χ0n) is 6.20. The molecular weight excluding hydrogens is 159 g/mol. The van der Waals surface area contributed by atoms with Crippen molar-refractivity contribution in [2.45, 2.75) is 0 Å². The smallest absolute Gasteiger partial charge is 0.205 e. The Balaban J connectivity index is 2.90. The van der Waals surface area contributed by atoms with E-state index >= 15 is 0 Å². The largest absolute Gasteiger partial charge is 0.323 e. The Labute approximate surface area is 68.7 Å². The molecule has 0 heterocycles. The molecule has 62 valence electrons. The summed E-state index contributed by atoms with van der Waals surface area (Å²) in [4.78, 5) is 11.0. The molecule has 0 aliphatic heterocycles. The summed E-state index contributed by atoms with van der Waals surface area (Å²) in [7, 11) is 0. The molecule has 2 N–H and O–H groups in total. The molecule has 0 radical (unpaired) electrons. The van der Waals surface area contributed by atoms with Gasteiger partial charge in [0.2, 0.25) is 5.78 Å². The number of nitrogens with two attached hydrogens (primary N) is 1. The molecule has 0 bridgehead atoms. The van der Waals surface area contributed by atoms with Gasteiger partial charge in [-0.05, 0) is 24.3 Å². The summed E-state index contributed by atoms with van der Waals surface area (Å²) >= 11 is 0. The molecule has 0 saturated carbocycles. The zero-order valence-corrected chi connectivity index (χ0v) is 6.20. The Morgan fingerprint density at radius 2 is 2.00 bits per heavy atom. The lowest BCUT2D eigenvalue weighted by atomic mass is 10.1. The molecule has 0 spiro atoms. The summed E-state index contributed by atoms with van der Waals surface area (Å²) in [5, 5.41) is 3.07. The van der Waals surface area contributed by atoms with E-state index in [-0.39, 0.29) is 11.6 Å². The molecule has 1 aromatic rings. The Hall–Kier alpha value is -1.71. The molecule has 0 aliphatic rings. The maximum atomic E-state index is 12.4. The van der Waals surface area contributed by atoms with Gasteiger partial charge < -0.3 is 5.84 Å². The van der Waals surface area contributed by atoms with Gasteiger partial charge in [0.05, 0.1) is 6.21 Å². The van der Waals surface area contributed by atoms with E-state index in [2.05, 4.69) is 5.10 Å². The number of ketones is 1. The Morgan fingerprint density at radius 1 is 1.42 bits per heavy atom. The number of benzene rings is 1. The predicted octanol–water partition coefficient (Wildman–Crippen LogP) is 0.953. The van der Waals surface area contributed by atoms with E-state index in [4.69, 9.17) is 5.84 Å². The number of carbonyl (C=O) groups excluding carboxylic acids is 1. The normalized spacial score (nSPS) is 10.4. The SMILES string of the molecule is N/N=C\C(=O)c1ccc(F)cc1. The molecule has 0 aliphatic carbocycles. The molecule has 0 atom stereocenters. The highest BCUT2D eigenvalue weighted by molar-refractivity contribution is 6.35. The average Bonchev–Trinajstić information content (AvgIpc) is 2.06. The van der Waals surface area contributed by atoms with Crippen molar-refractivity contribution in [3.63, 3.8) is 0 Å². The maximum absolute atomic E-state index is 12.4. The van der Waals surface area contributed by atoms with Gasteiger partial charge in [-0.15, -0.1) is 0 Å². The summed E-state index contributed by atoms with van der Waals surface area (Å²) < 4.78 is 12.4. The first kappa shape index (κ1) is 8.39. The molecule has 0 amide bonds. The van der Waals surface area contributed by atoms with E-state index in [0.717, 1.165) is 6.21 Å². The lowest BCUT2D eigenvalue weighted by molar-refractivity contribution is 0.107. The van der Waals surface area contributed by atoms with Gasteiger partial charge in [-0.3, -0.25) is 4.79 Å². The summed E-state index contributed by atoms with van der Waals surface area (Å²) in [5.41, 5.74) is 0.366. The van der Waals surface area contributed by atoms with E-state index in [0.29, 0.717) is 5.56 Å². The van der Waals surface area contributed by atoms with Gasteiger partial charge in [-0.1, -0.05) is 0 Å². The number of rotatable bonds is 2. The Bertz CT molecular complexity index is 305. The molecule has 0 saturated heterocycles. The van der Waals surface area contributed by atoms with Crippen molar-refractivity contribution in [1.82, 2.24) is 0 Å². The monoisotopic (exact) mass is 166 g/mol. The maximum Gasteiger partial charge on any atom is 0.205 e. The van der Waals surface area contributed by atoms with Crippen LogP contribution in [-0.2, 0) is 0 Å². The fourth-order valence-electron chi connectivity index (χ4n) is 0.756. The second-order valence-electron chi connectivity index (χ2n) is 2.15. The summed E-state index contributed by atoms with van der Waals surface area (Å²) in [6.07, 6.45) is 0.979. The number of carbonyl (C=O) groups is 1. The molecular formula is C8H7FN2O. The van der Waals surface area contributed by atoms with Crippen LogP contribution >= 0.6 is 0 Å². The van der Waals surface area contributed by atoms with Crippen LogP contribution in [0.2, 0.25) is 0 Å². The van der Waals surface area contributed by atoms with Crippen molar-refractivity contribution < 1.29 is 9.18 Å². The lowest BCUT2D eigenvalue weighted by Gasteiger charge is -1.92. The van der Waals surface area contributed by atoms with Crippen molar-refractivity contribution in [2.24, 2.45) is 10.9 Å². The standard InChI is InChI=1S/C8H7FN2O/c9-7-3-1-6(2-4-7)8(12)5-11-10/h1-5H,10H2/b11-5-. The second-order valence-corrected chi connectivity index (χ2v) is 2.15. The second kappa shape index (κ2) is 3.61. The average molecular weight is 166 g/mol. The Kier molecular flexibility index (Phi) is 2.53. The van der Waals surface area contributed by atoms with Crippen molar-refractivity contribution in [3.8, 4) is 0 Å². The van der Waals surface area contributed by atoms with E-state index in [1.807, 2.05) is 0 Å². The lowest BCUT2D eigenvalue weighted by Crippen LogP contribution is -2.01. The van der Waals surface area contributed by atoms with Gasteiger partial charge >= 0.3 is 0 Å². The quantitative estimate of drug-likeness (QED) is 0.308. The number of hydrogen-bond donors (Lipinski definition) is 1. The fourth-order valence-corrected chi connectivity index (χ4v) is 0.756. The van der Waals surface area contributed by atoms with Crippen LogP contribution in [0.15, 0.2) is 29.4 Å². The third kappa shape index (κ3) is 1.88. The van der Waals surface area contributed by atoms with Crippen molar-refractivity contribution >= 4 is 12.0 Å². The van der Waals surface area contributed by atoms with Gasteiger partial charge in [0.15, 0.2) is 0 Å². The van der Waals surface area contributed by atoms with E-state index < -0.39 is 0 Å². The summed E-state index contributed by atoms with van der Waals surface area (Å²) in [6, 6.07) is 5.16. The van der Waals surface area contributed by atoms with Crippen LogP contribution in [-0.4, -0.2) is 12.0 Å². The minimum absolute atomic E-state index is 0.336. The van der Waals surface area contributed by atoms with Crippen LogP contribution in [0, 0.1) is 5.82 Å². The topological polar surface area (TPSA) is 55.4 Å². The highest BCUT2D eigenvalue weighted by Gasteiger charge is 2.00. The van der Waals surface area contributed by atoms with Crippen LogP contribution in [0.3, 0.4) is 0 Å². The fraction of sp³-hybridized carbons (Fsp3) is 0. The first-order valence-electron chi connectivity index (χ1n) is 3.27. The van der Waals surface area contributed by atoms with Gasteiger partial charge in [0.25, 0.3) is 0 Å². The van der Waals surface area contributed by atoms with Crippen molar-refractivity contribution in [3.05, 3.63) is 35.6 Å². The molecule has 1 rings (SSSR count). The van der Waals surface area contributed by atoms with E-state index in [1.165, 1.54) is 24.3 Å². The first-order chi connectivity index (χ1) is 5.74. The minimum Gasteiger partial charge on any atom is -0.323 e. The van der Waals surface area contributed by atoms with Crippen LogP contribution in [0.25, 0.3) is 0 Å². The third-order valence-corrected chi connectivity index (χ3v) is 1.32. The molecule has 0 unspecified atom stereocenters. The number of halogens is 1. The van der Waals surface area contributed by atoms with Crippen LogP contribution in [0.4, 0.5) is 4.39 Å². The van der Waals surface area contributed by atoms with Gasteiger partial charge in [-0.25, -0.2) is 4.39 Å². The molecule has 1 aromatic carbocycles. The van der Waals surface area contributed by atoms with Gasteiger partial charge in [0.1, 0.15) is 5.82 Å². The van der Waals surface area contributed by atoms with Crippen molar-refractivity contribution in [2.75, 3.05) is 0 Å². The molecule has 0 aromatic heterocycles. The highest BCUT2D eigenvalue weighted by atomic mass is 19.1. The molecule has 0 fully saturated rings. The zero-order chi connectivity index (χ0) is 8.97. The van der Waals surface area contributed by atoms with Crippen LogP contribution < -0.4 is 5.84 Å². The Morgan fingerprint density at radius 3 is 2.50 bits per heavy atom. The number of nitrogens with zero attached hydrogens (tertiary/aromatic N) is 1.